The monoisotopic (exact) mass is 438 g/mol. The molecule has 0 aliphatic heterocycles. The van der Waals surface area contributed by atoms with Crippen LogP contribution in [0, 0.1) is 12.8 Å². The Balaban J connectivity index is 0.00000101. The summed E-state index contributed by atoms with van der Waals surface area (Å²) in [5.41, 5.74) is 7.60. The average molecular weight is 439 g/mol. The van der Waals surface area contributed by atoms with E-state index in [1.165, 1.54) is 11.3 Å². The number of hydrogen-bond donors (Lipinski definition) is 5. The fraction of sp³-hybridized carbons (Fsp3) is 0.500. The van der Waals surface area contributed by atoms with E-state index in [0.29, 0.717) is 36.6 Å². The number of aromatic nitrogens is 3. The molecule has 3 rings (SSSR count). The van der Waals surface area contributed by atoms with Gasteiger partial charge in [-0.15, -0.1) is 11.3 Å². The molecule has 2 aromatic heterocycles. The highest BCUT2D eigenvalue weighted by Gasteiger charge is 2.37. The van der Waals surface area contributed by atoms with E-state index in [4.69, 9.17) is 15.6 Å². The molecule has 0 unspecified atom stereocenters. The van der Waals surface area contributed by atoms with Crippen molar-refractivity contribution in [1.29, 1.82) is 0 Å². The predicted octanol–water partition coefficient (Wildman–Crippen LogP) is -0.304. The number of nitrogens with one attached hydrogen (secondary N) is 2. The number of carbonyl (C=O) groups excluding carboxylic acids is 2. The molecular weight excluding hydrogens is 412 g/mol. The second-order valence-electron chi connectivity index (χ2n) is 6.93. The molecule has 0 spiro atoms. The Morgan fingerprint density at radius 3 is 2.70 bits per heavy atom. The van der Waals surface area contributed by atoms with Gasteiger partial charge in [-0.25, -0.2) is 4.98 Å². The number of aliphatic hydroxyl groups is 1. The van der Waals surface area contributed by atoms with Crippen molar-refractivity contribution in [2.24, 2.45) is 13.0 Å². The van der Waals surface area contributed by atoms with Crippen LogP contribution in [0.4, 0.5) is 5.13 Å². The zero-order valence-corrected chi connectivity index (χ0v) is 17.6. The van der Waals surface area contributed by atoms with E-state index in [9.17, 15) is 14.7 Å². The molecular formula is C18H26N6O5S. The molecule has 2 heterocycles. The number of nitrogens with two attached hydrogens (primary N) is 1. The van der Waals surface area contributed by atoms with Crippen LogP contribution in [0.1, 0.15) is 34.7 Å². The quantitative estimate of drug-likeness (QED) is 0.382. The Morgan fingerprint density at radius 2 is 2.13 bits per heavy atom. The van der Waals surface area contributed by atoms with Gasteiger partial charge >= 0.3 is 0 Å². The Labute approximate surface area is 177 Å². The summed E-state index contributed by atoms with van der Waals surface area (Å²) >= 11 is 1.37. The molecule has 30 heavy (non-hydrogen) atoms. The van der Waals surface area contributed by atoms with Crippen LogP contribution in [0.25, 0.3) is 0 Å². The Bertz CT molecular complexity index is 863. The number of aryl methyl sites for hydroxylation is 2. The lowest BCUT2D eigenvalue weighted by molar-refractivity contribution is -0.125. The molecule has 2 amide bonds. The van der Waals surface area contributed by atoms with Crippen molar-refractivity contribution in [3.8, 4) is 0 Å². The smallest absolute Gasteiger partial charge is 0.290 e. The van der Waals surface area contributed by atoms with E-state index >= 15 is 0 Å². The summed E-state index contributed by atoms with van der Waals surface area (Å²) in [4.78, 5) is 37.2. The number of nitrogen functional groups attached to an aromatic ring is 1. The number of amides is 2. The van der Waals surface area contributed by atoms with Crippen molar-refractivity contribution in [3.63, 3.8) is 0 Å². The third-order valence-electron chi connectivity index (χ3n) is 4.81. The molecule has 0 aromatic carbocycles. The summed E-state index contributed by atoms with van der Waals surface area (Å²) in [7, 11) is 1.76. The van der Waals surface area contributed by atoms with E-state index < -0.39 is 12.1 Å². The summed E-state index contributed by atoms with van der Waals surface area (Å²) in [5.74, 6) is -0.802. The highest BCUT2D eigenvalue weighted by atomic mass is 32.1. The van der Waals surface area contributed by atoms with Crippen molar-refractivity contribution >= 4 is 34.8 Å². The molecule has 1 fully saturated rings. The minimum Gasteiger partial charge on any atom is -0.483 e. The molecule has 164 valence electrons. The summed E-state index contributed by atoms with van der Waals surface area (Å²) in [6.45, 7) is 2.06. The van der Waals surface area contributed by atoms with E-state index in [1.54, 1.807) is 17.8 Å². The average Bonchev–Trinajstić information content (AvgIpc) is 3.36. The minimum absolute atomic E-state index is 0.123. The van der Waals surface area contributed by atoms with Gasteiger partial charge in [0.25, 0.3) is 12.4 Å². The fourth-order valence-corrected chi connectivity index (χ4v) is 3.79. The van der Waals surface area contributed by atoms with Gasteiger partial charge in [0.05, 0.1) is 17.8 Å². The summed E-state index contributed by atoms with van der Waals surface area (Å²) in [6.07, 6.45) is 0.567. The van der Waals surface area contributed by atoms with Gasteiger partial charge in [-0.3, -0.25) is 19.1 Å². The van der Waals surface area contributed by atoms with Crippen LogP contribution in [0.2, 0.25) is 0 Å². The third-order valence-corrected chi connectivity index (χ3v) is 5.54. The van der Waals surface area contributed by atoms with Gasteiger partial charge in [-0.2, -0.15) is 5.10 Å². The number of carbonyl (C=O) groups is 3. The molecule has 0 bridgehead atoms. The van der Waals surface area contributed by atoms with Gasteiger partial charge in [0.2, 0.25) is 5.91 Å². The van der Waals surface area contributed by atoms with Crippen LogP contribution in [0.3, 0.4) is 0 Å². The van der Waals surface area contributed by atoms with Gasteiger partial charge in [0.15, 0.2) is 5.13 Å². The normalized spacial score (nSPS) is 20.2. The van der Waals surface area contributed by atoms with Crippen molar-refractivity contribution in [2.75, 3.05) is 12.3 Å². The van der Waals surface area contributed by atoms with E-state index in [0.717, 1.165) is 11.4 Å². The zero-order chi connectivity index (χ0) is 22.3. The molecule has 0 saturated heterocycles. The highest BCUT2D eigenvalue weighted by Crippen LogP contribution is 2.26. The molecule has 12 heteroatoms. The van der Waals surface area contributed by atoms with Crippen LogP contribution in [-0.2, 0) is 23.1 Å². The second-order valence-corrected chi connectivity index (χ2v) is 7.82. The van der Waals surface area contributed by atoms with Gasteiger partial charge < -0.3 is 26.6 Å². The summed E-state index contributed by atoms with van der Waals surface area (Å²) in [6, 6.07) is 1.22. The molecule has 0 radical (unpaired) electrons. The molecule has 2 aromatic rings. The van der Waals surface area contributed by atoms with Crippen molar-refractivity contribution in [2.45, 2.75) is 38.3 Å². The molecule has 11 nitrogen and oxygen atoms in total. The number of aliphatic hydroxyl groups excluding tert-OH is 1. The standard InChI is InChI=1S/C17H24N6O3S.CH2O2/c1-9-5-13(22-23(9)2)16(26)21-12-6-10(7-14(12)24)15(25)19-4-3-11-8-27-17(18)20-11;2-1-3/h5,8,10,12,14,24H,3-4,6-7H2,1-2H3,(H2,18,20)(H,19,25)(H,21,26);1H,(H,2,3)/t10-,12-,14-;/m0./s1. The van der Waals surface area contributed by atoms with E-state index in [-0.39, 0.29) is 24.2 Å². The Hall–Kier alpha value is -2.99. The lowest BCUT2D eigenvalue weighted by atomic mass is 10.1. The lowest BCUT2D eigenvalue weighted by Crippen LogP contribution is -2.40. The number of carboxylic acid groups (broad SMARTS) is 1. The van der Waals surface area contributed by atoms with Crippen molar-refractivity contribution < 1.29 is 24.6 Å². The maximum Gasteiger partial charge on any atom is 0.290 e. The topological polar surface area (TPSA) is 172 Å². The number of hydrogen-bond acceptors (Lipinski definition) is 8. The van der Waals surface area contributed by atoms with Crippen molar-refractivity contribution in [1.82, 2.24) is 25.4 Å². The van der Waals surface area contributed by atoms with Gasteiger partial charge in [0.1, 0.15) is 5.69 Å². The minimum atomic E-state index is -0.757. The highest BCUT2D eigenvalue weighted by molar-refractivity contribution is 7.13. The first-order valence-electron chi connectivity index (χ1n) is 9.30. The maximum atomic E-state index is 12.3. The molecule has 1 aliphatic rings. The van der Waals surface area contributed by atoms with Gasteiger partial charge in [-0.1, -0.05) is 0 Å². The molecule has 3 atom stereocenters. The molecule has 1 saturated carbocycles. The maximum absolute atomic E-state index is 12.3. The second kappa shape index (κ2) is 10.7. The summed E-state index contributed by atoms with van der Waals surface area (Å²) < 4.78 is 1.62. The van der Waals surface area contributed by atoms with Crippen LogP contribution in [0.5, 0.6) is 0 Å². The Morgan fingerprint density at radius 1 is 1.43 bits per heavy atom. The first-order chi connectivity index (χ1) is 14.2. The van der Waals surface area contributed by atoms with Crippen LogP contribution >= 0.6 is 11.3 Å². The van der Waals surface area contributed by atoms with E-state index in [1.807, 2.05) is 12.3 Å². The largest absolute Gasteiger partial charge is 0.483 e. The van der Waals surface area contributed by atoms with E-state index in [2.05, 4.69) is 20.7 Å². The fourth-order valence-electron chi connectivity index (χ4n) is 3.19. The van der Waals surface area contributed by atoms with Crippen LogP contribution < -0.4 is 16.4 Å². The first-order valence-corrected chi connectivity index (χ1v) is 10.2. The lowest BCUT2D eigenvalue weighted by Gasteiger charge is -2.15. The number of anilines is 1. The zero-order valence-electron chi connectivity index (χ0n) is 16.7. The van der Waals surface area contributed by atoms with Gasteiger partial charge in [-0.05, 0) is 25.8 Å². The number of rotatable bonds is 6. The summed E-state index contributed by atoms with van der Waals surface area (Å²) in [5, 5.41) is 29.3. The number of nitrogens with zero attached hydrogens (tertiary/aromatic N) is 3. The third kappa shape index (κ3) is 6.26. The van der Waals surface area contributed by atoms with Gasteiger partial charge in [0, 0.05) is 37.0 Å². The van der Waals surface area contributed by atoms with Crippen LogP contribution in [-0.4, -0.2) is 62.0 Å². The first kappa shape index (κ1) is 23.3. The van der Waals surface area contributed by atoms with Crippen LogP contribution in [0.15, 0.2) is 11.4 Å². The molecule has 6 N–H and O–H groups in total. The molecule has 1 aliphatic carbocycles. The predicted molar refractivity (Wildman–Crippen MR) is 110 cm³/mol. The number of thiazole rings is 1. The SMILES string of the molecule is Cc1cc(C(=O)N[C@H]2C[C@H](C(=O)NCCc3csc(N)n3)C[C@@H]2O)nn1C.O=CO. The van der Waals surface area contributed by atoms with Crippen molar-refractivity contribution in [3.05, 3.63) is 28.5 Å². The Kier molecular flexibility index (Phi) is 8.30.